The van der Waals surface area contributed by atoms with Gasteiger partial charge in [0.05, 0.1) is 40.6 Å². The number of hydrogen-bond acceptors (Lipinski definition) is 9. The van der Waals surface area contributed by atoms with Crippen LogP contribution in [-0.2, 0) is 42.7 Å². The predicted molar refractivity (Wildman–Crippen MR) is 129 cm³/mol. The van der Waals surface area contributed by atoms with E-state index in [0.29, 0.717) is 39.3 Å². The zero-order valence-electron chi connectivity index (χ0n) is 21.7. The van der Waals surface area contributed by atoms with E-state index >= 15 is 0 Å². The molecule has 0 saturated carbocycles. The maximum absolute atomic E-state index is 11.1. The first-order chi connectivity index (χ1) is 17.1. The summed E-state index contributed by atoms with van der Waals surface area (Å²) in [6.45, 7) is 2.13. The van der Waals surface area contributed by atoms with Crippen LogP contribution in [0, 0.1) is 0 Å². The summed E-state index contributed by atoms with van der Waals surface area (Å²) in [5, 5.41) is 0. The number of rotatable bonds is 20. The van der Waals surface area contributed by atoms with Crippen LogP contribution in [0.3, 0.4) is 0 Å². The van der Waals surface area contributed by atoms with E-state index in [4.69, 9.17) is 23.7 Å². The second-order valence-electron chi connectivity index (χ2n) is 9.34. The molecule has 9 heteroatoms. The van der Waals surface area contributed by atoms with Crippen molar-refractivity contribution in [3.63, 3.8) is 0 Å². The third-order valence-electron chi connectivity index (χ3n) is 6.33. The van der Waals surface area contributed by atoms with Gasteiger partial charge in [0.15, 0.2) is 12.6 Å². The van der Waals surface area contributed by atoms with Gasteiger partial charge in [-0.05, 0) is 38.5 Å². The minimum Gasteiger partial charge on any atom is -0.469 e. The van der Waals surface area contributed by atoms with E-state index in [2.05, 4.69) is 9.47 Å². The first kappa shape index (κ1) is 30.0. The van der Waals surface area contributed by atoms with Gasteiger partial charge in [-0.3, -0.25) is 9.59 Å². The Hall–Kier alpha value is -1.26. The third kappa shape index (κ3) is 14.2. The van der Waals surface area contributed by atoms with Crippen LogP contribution in [0.4, 0.5) is 0 Å². The number of esters is 2. The summed E-state index contributed by atoms with van der Waals surface area (Å²) in [7, 11) is 2.86. The van der Waals surface area contributed by atoms with Gasteiger partial charge < -0.3 is 33.2 Å². The van der Waals surface area contributed by atoms with Gasteiger partial charge in [0.2, 0.25) is 0 Å². The zero-order chi connectivity index (χ0) is 25.1. The highest BCUT2D eigenvalue weighted by Crippen LogP contribution is 2.21. The molecule has 9 nitrogen and oxygen atoms in total. The molecule has 0 aromatic carbocycles. The lowest BCUT2D eigenvalue weighted by molar-refractivity contribution is -0.141. The molecule has 0 aromatic heterocycles. The SMILES string of the molecule is COC(=O)CCCCCCCC1OCC(COCC2COC(CCCCCCCC(=O)OC)O2)O1. The molecule has 4 atom stereocenters. The summed E-state index contributed by atoms with van der Waals surface area (Å²) in [4.78, 5) is 22.2. The van der Waals surface area contributed by atoms with Crippen LogP contribution in [0.1, 0.15) is 89.9 Å². The molecule has 2 fully saturated rings. The van der Waals surface area contributed by atoms with E-state index < -0.39 is 0 Å². The fourth-order valence-electron chi connectivity index (χ4n) is 4.25. The molecule has 0 aliphatic carbocycles. The van der Waals surface area contributed by atoms with Gasteiger partial charge in [-0.2, -0.15) is 0 Å². The molecule has 0 spiro atoms. The maximum Gasteiger partial charge on any atom is 0.305 e. The first-order valence-electron chi connectivity index (χ1n) is 13.4. The normalized spacial score (nSPS) is 24.1. The van der Waals surface area contributed by atoms with Crippen LogP contribution in [0.15, 0.2) is 0 Å². The molecule has 4 unspecified atom stereocenters. The highest BCUT2D eigenvalue weighted by atomic mass is 16.7. The van der Waals surface area contributed by atoms with Crippen LogP contribution in [0.25, 0.3) is 0 Å². The van der Waals surface area contributed by atoms with Crippen LogP contribution in [0.2, 0.25) is 0 Å². The van der Waals surface area contributed by atoms with Gasteiger partial charge in [-0.15, -0.1) is 0 Å². The molecule has 0 aromatic rings. The summed E-state index contributed by atoms with van der Waals surface area (Å²) in [6.07, 6.45) is 12.9. The summed E-state index contributed by atoms with van der Waals surface area (Å²) in [6, 6.07) is 0. The molecule has 2 saturated heterocycles. The Morgan fingerprint density at radius 1 is 0.629 bits per heavy atom. The Morgan fingerprint density at radius 2 is 1.03 bits per heavy atom. The van der Waals surface area contributed by atoms with Crippen molar-refractivity contribution in [1.82, 2.24) is 0 Å². The molecule has 2 heterocycles. The highest BCUT2D eigenvalue weighted by molar-refractivity contribution is 5.69. The van der Waals surface area contributed by atoms with Gasteiger partial charge in [-0.25, -0.2) is 0 Å². The Morgan fingerprint density at radius 3 is 1.46 bits per heavy atom. The Kier molecular flexibility index (Phi) is 16.2. The van der Waals surface area contributed by atoms with Crippen LogP contribution in [0.5, 0.6) is 0 Å². The van der Waals surface area contributed by atoms with Crippen LogP contribution in [-0.4, -0.2) is 77.4 Å². The summed E-state index contributed by atoms with van der Waals surface area (Å²) >= 11 is 0. The molecule has 204 valence electrons. The fourth-order valence-corrected chi connectivity index (χ4v) is 4.25. The molecule has 0 N–H and O–H groups in total. The molecule has 0 amide bonds. The van der Waals surface area contributed by atoms with Crippen molar-refractivity contribution < 1.29 is 42.7 Å². The van der Waals surface area contributed by atoms with E-state index in [9.17, 15) is 9.59 Å². The number of carbonyl (C=O) groups is 2. The van der Waals surface area contributed by atoms with Crippen molar-refractivity contribution in [2.24, 2.45) is 0 Å². The third-order valence-corrected chi connectivity index (χ3v) is 6.33. The molecule has 2 aliphatic heterocycles. The van der Waals surface area contributed by atoms with Gasteiger partial charge in [-0.1, -0.05) is 38.5 Å². The standard InChI is InChI=1S/C26H46O9/c1-29-23(27)13-9-5-3-7-11-15-25-32-19-21(34-25)17-31-18-22-20-33-26(35-22)16-12-8-4-6-10-14-24(28)30-2/h21-22,25-26H,3-20H2,1-2H3. The molecule has 0 radical (unpaired) electrons. The lowest BCUT2D eigenvalue weighted by Gasteiger charge is -2.14. The van der Waals surface area contributed by atoms with Crippen LogP contribution >= 0.6 is 0 Å². The first-order valence-corrected chi connectivity index (χ1v) is 13.4. The lowest BCUT2D eigenvalue weighted by atomic mass is 10.1. The number of methoxy groups -OCH3 is 2. The van der Waals surface area contributed by atoms with Gasteiger partial charge in [0, 0.05) is 12.8 Å². The number of carbonyl (C=O) groups excluding carboxylic acids is 2. The number of unbranched alkanes of at least 4 members (excludes halogenated alkanes) is 8. The molecule has 2 aliphatic rings. The molecule has 2 rings (SSSR count). The Balaban J connectivity index is 1.38. The second kappa shape index (κ2) is 18.9. The summed E-state index contributed by atoms with van der Waals surface area (Å²) < 4.78 is 38.4. The van der Waals surface area contributed by atoms with E-state index in [-0.39, 0.29) is 36.7 Å². The van der Waals surface area contributed by atoms with Crippen molar-refractivity contribution in [2.45, 2.75) is 115 Å². The molecular formula is C26H46O9. The lowest BCUT2D eigenvalue weighted by Crippen LogP contribution is -2.25. The Labute approximate surface area is 210 Å². The number of ether oxygens (including phenoxy) is 7. The Bertz CT molecular complexity index is 523. The van der Waals surface area contributed by atoms with E-state index in [1.54, 1.807) is 0 Å². The minimum absolute atomic E-state index is 0.0302. The van der Waals surface area contributed by atoms with Gasteiger partial charge >= 0.3 is 11.9 Å². The van der Waals surface area contributed by atoms with Gasteiger partial charge in [0.1, 0.15) is 12.2 Å². The average molecular weight is 503 g/mol. The van der Waals surface area contributed by atoms with E-state index in [0.717, 1.165) is 77.0 Å². The number of hydrogen-bond donors (Lipinski definition) is 0. The summed E-state index contributed by atoms with van der Waals surface area (Å²) in [5.74, 6) is -0.260. The van der Waals surface area contributed by atoms with Gasteiger partial charge in [0.25, 0.3) is 0 Å². The van der Waals surface area contributed by atoms with E-state index in [1.165, 1.54) is 14.2 Å². The van der Waals surface area contributed by atoms with Crippen molar-refractivity contribution in [3.05, 3.63) is 0 Å². The van der Waals surface area contributed by atoms with E-state index in [1.807, 2.05) is 0 Å². The van der Waals surface area contributed by atoms with Crippen molar-refractivity contribution in [1.29, 1.82) is 0 Å². The monoisotopic (exact) mass is 502 g/mol. The zero-order valence-corrected chi connectivity index (χ0v) is 21.7. The van der Waals surface area contributed by atoms with Crippen molar-refractivity contribution in [3.8, 4) is 0 Å². The van der Waals surface area contributed by atoms with Crippen LogP contribution < -0.4 is 0 Å². The van der Waals surface area contributed by atoms with Crippen molar-refractivity contribution in [2.75, 3.05) is 40.6 Å². The largest absolute Gasteiger partial charge is 0.469 e. The molecule has 35 heavy (non-hydrogen) atoms. The average Bonchev–Trinajstić information content (AvgIpc) is 3.52. The molecular weight excluding hydrogens is 456 g/mol. The predicted octanol–water partition coefficient (Wildman–Crippen LogP) is 4.29. The topological polar surface area (TPSA) is 98.8 Å². The van der Waals surface area contributed by atoms with Crippen molar-refractivity contribution >= 4 is 11.9 Å². The highest BCUT2D eigenvalue weighted by Gasteiger charge is 2.28. The maximum atomic E-state index is 11.1. The fraction of sp³-hybridized carbons (Fsp3) is 0.923. The smallest absolute Gasteiger partial charge is 0.305 e. The quantitative estimate of drug-likeness (QED) is 0.178. The summed E-state index contributed by atoms with van der Waals surface area (Å²) in [5.41, 5.74) is 0. The minimum atomic E-state index is -0.144. The second-order valence-corrected chi connectivity index (χ2v) is 9.34. The molecule has 0 bridgehead atoms.